The van der Waals surface area contributed by atoms with E-state index in [1.54, 1.807) is 18.6 Å². The van der Waals surface area contributed by atoms with Crippen LogP contribution in [0.5, 0.6) is 11.5 Å². The normalized spacial score (nSPS) is 10.8. The fourth-order valence-corrected chi connectivity index (χ4v) is 3.69. The van der Waals surface area contributed by atoms with Gasteiger partial charge in [-0.05, 0) is 43.7 Å². The molecule has 176 valence electrons. The number of hydrogen-bond acceptors (Lipinski definition) is 7. The molecule has 0 atom stereocenters. The predicted molar refractivity (Wildman–Crippen MR) is 126 cm³/mol. The van der Waals surface area contributed by atoms with Gasteiger partial charge in [-0.1, -0.05) is 37.3 Å². The zero-order valence-electron chi connectivity index (χ0n) is 19.7. The average molecular weight is 462 g/mol. The number of rotatable bonds is 9. The van der Waals surface area contributed by atoms with Gasteiger partial charge in [-0.3, -0.25) is 4.57 Å². The van der Waals surface area contributed by atoms with Crippen molar-refractivity contribution in [2.24, 2.45) is 0 Å². The van der Waals surface area contributed by atoms with E-state index in [-0.39, 0.29) is 12.5 Å². The summed E-state index contributed by atoms with van der Waals surface area (Å²) in [5, 5.41) is 8.39. The second-order valence-corrected chi connectivity index (χ2v) is 7.53. The van der Waals surface area contributed by atoms with Crippen LogP contribution in [0.2, 0.25) is 0 Å². The van der Waals surface area contributed by atoms with Crippen LogP contribution in [0.3, 0.4) is 0 Å². The summed E-state index contributed by atoms with van der Waals surface area (Å²) in [5.74, 6) is 1.45. The molecule has 34 heavy (non-hydrogen) atoms. The number of hydrogen-bond donors (Lipinski definition) is 0. The Hall–Kier alpha value is -4.07. The maximum Gasteiger partial charge on any atom is 0.355 e. The maximum absolute atomic E-state index is 13.1. The number of aryl methyl sites for hydroxylation is 1. The Kier molecular flexibility index (Phi) is 6.96. The minimum Gasteiger partial charge on any atom is -0.497 e. The van der Waals surface area contributed by atoms with Crippen LogP contribution in [0.1, 0.15) is 41.4 Å². The lowest BCUT2D eigenvalue weighted by Gasteiger charge is -2.13. The van der Waals surface area contributed by atoms with E-state index in [2.05, 4.69) is 10.2 Å². The van der Waals surface area contributed by atoms with Gasteiger partial charge in [-0.25, -0.2) is 4.79 Å². The summed E-state index contributed by atoms with van der Waals surface area (Å²) in [4.78, 5) is 13.1. The average Bonchev–Trinajstić information content (AvgIpc) is 3.45. The zero-order valence-corrected chi connectivity index (χ0v) is 19.7. The van der Waals surface area contributed by atoms with Gasteiger partial charge in [-0.15, -0.1) is 10.2 Å². The molecular formula is C26H27N3O5. The van der Waals surface area contributed by atoms with Crippen LogP contribution < -0.4 is 9.47 Å². The lowest BCUT2D eigenvalue weighted by atomic mass is 10.2. The lowest BCUT2D eigenvalue weighted by molar-refractivity contribution is 0.0516. The summed E-state index contributed by atoms with van der Waals surface area (Å²) < 4.78 is 24.7. The van der Waals surface area contributed by atoms with Crippen LogP contribution >= 0.6 is 0 Å². The third-order valence-corrected chi connectivity index (χ3v) is 5.36. The number of carbonyl (C=O) groups excluding carboxylic acids is 1. The van der Waals surface area contributed by atoms with Gasteiger partial charge in [0.05, 0.1) is 13.7 Å². The quantitative estimate of drug-likeness (QED) is 0.318. The topological polar surface area (TPSA) is 88.6 Å². The summed E-state index contributed by atoms with van der Waals surface area (Å²) in [6.07, 6.45) is 0.583. The third-order valence-electron chi connectivity index (χ3n) is 5.36. The van der Waals surface area contributed by atoms with Crippen LogP contribution in [-0.4, -0.2) is 34.5 Å². The van der Waals surface area contributed by atoms with Gasteiger partial charge in [0, 0.05) is 17.7 Å². The molecule has 4 rings (SSSR count). The molecule has 0 N–H and O–H groups in total. The van der Waals surface area contributed by atoms with Crippen molar-refractivity contribution in [1.82, 2.24) is 14.8 Å². The highest BCUT2D eigenvalue weighted by Crippen LogP contribution is 2.40. The highest BCUT2D eigenvalue weighted by Gasteiger charge is 2.31. The van der Waals surface area contributed by atoms with E-state index < -0.39 is 5.97 Å². The second-order valence-electron chi connectivity index (χ2n) is 7.53. The second kappa shape index (κ2) is 10.2. The number of carbonyl (C=O) groups is 1. The van der Waals surface area contributed by atoms with E-state index in [4.69, 9.17) is 18.6 Å². The van der Waals surface area contributed by atoms with Gasteiger partial charge in [0.15, 0.2) is 11.4 Å². The summed E-state index contributed by atoms with van der Waals surface area (Å²) in [7, 11) is 1.60. The van der Waals surface area contributed by atoms with Crippen molar-refractivity contribution >= 4 is 5.97 Å². The van der Waals surface area contributed by atoms with Crippen LogP contribution in [-0.2, 0) is 17.8 Å². The molecule has 0 saturated carbocycles. The summed E-state index contributed by atoms with van der Waals surface area (Å²) >= 11 is 0. The number of benzene rings is 2. The molecule has 0 aliphatic carbocycles. The first kappa shape index (κ1) is 23.1. The molecule has 0 saturated heterocycles. The van der Waals surface area contributed by atoms with Crippen LogP contribution in [0.15, 0.2) is 59.0 Å². The van der Waals surface area contributed by atoms with Crippen molar-refractivity contribution < 1.29 is 23.4 Å². The fourth-order valence-electron chi connectivity index (χ4n) is 3.69. The molecule has 0 spiro atoms. The van der Waals surface area contributed by atoms with Crippen LogP contribution in [0.4, 0.5) is 0 Å². The summed E-state index contributed by atoms with van der Waals surface area (Å²) in [6.45, 7) is 6.07. The molecule has 4 aromatic rings. The van der Waals surface area contributed by atoms with Crippen molar-refractivity contribution in [2.45, 2.75) is 33.8 Å². The first-order chi connectivity index (χ1) is 16.6. The summed E-state index contributed by atoms with van der Waals surface area (Å²) in [5.41, 5.74) is 3.14. The SMILES string of the molecule is CCOC(=O)c1c(C)c(OCc2ccccc2)c(-c2nnc(CC)o2)n1-c1ccc(OC)cc1. The van der Waals surface area contributed by atoms with E-state index in [9.17, 15) is 4.79 Å². The minimum atomic E-state index is -0.471. The van der Waals surface area contributed by atoms with Crippen LogP contribution in [0.25, 0.3) is 17.3 Å². The molecule has 0 unspecified atom stereocenters. The molecule has 0 aliphatic heterocycles. The van der Waals surface area contributed by atoms with Gasteiger partial charge in [0.1, 0.15) is 18.1 Å². The molecular weight excluding hydrogens is 434 g/mol. The lowest BCUT2D eigenvalue weighted by Crippen LogP contribution is -2.13. The van der Waals surface area contributed by atoms with E-state index in [0.29, 0.717) is 53.1 Å². The highest BCUT2D eigenvalue weighted by atomic mass is 16.5. The van der Waals surface area contributed by atoms with Gasteiger partial charge < -0.3 is 18.6 Å². The molecule has 8 nitrogen and oxygen atoms in total. The number of nitrogens with zero attached hydrogens (tertiary/aromatic N) is 3. The molecule has 2 aromatic heterocycles. The first-order valence-corrected chi connectivity index (χ1v) is 11.1. The number of aromatic nitrogens is 3. The van der Waals surface area contributed by atoms with E-state index >= 15 is 0 Å². The Bertz CT molecular complexity index is 1260. The number of ether oxygens (including phenoxy) is 3. The number of esters is 1. The Morgan fingerprint density at radius 2 is 1.76 bits per heavy atom. The highest BCUT2D eigenvalue weighted by molar-refractivity contribution is 5.94. The molecule has 2 heterocycles. The molecule has 0 amide bonds. The largest absolute Gasteiger partial charge is 0.497 e. The van der Waals surface area contributed by atoms with E-state index in [1.165, 1.54) is 0 Å². The van der Waals surface area contributed by atoms with Crippen molar-refractivity contribution in [3.8, 4) is 28.8 Å². The van der Waals surface area contributed by atoms with Crippen molar-refractivity contribution in [1.29, 1.82) is 0 Å². The van der Waals surface area contributed by atoms with Gasteiger partial charge in [0.2, 0.25) is 5.89 Å². The van der Waals surface area contributed by atoms with Gasteiger partial charge in [0.25, 0.3) is 5.89 Å². The Labute approximate surface area is 198 Å². The molecule has 0 radical (unpaired) electrons. The Balaban J connectivity index is 1.93. The van der Waals surface area contributed by atoms with E-state index in [1.807, 2.05) is 68.4 Å². The predicted octanol–water partition coefficient (Wildman–Crippen LogP) is 5.16. The first-order valence-electron chi connectivity index (χ1n) is 11.1. The monoisotopic (exact) mass is 461 g/mol. The number of methoxy groups -OCH3 is 1. The molecule has 8 heteroatoms. The maximum atomic E-state index is 13.1. The summed E-state index contributed by atoms with van der Waals surface area (Å²) in [6, 6.07) is 17.1. The van der Waals surface area contributed by atoms with Crippen molar-refractivity contribution in [3.63, 3.8) is 0 Å². The van der Waals surface area contributed by atoms with E-state index in [0.717, 1.165) is 5.56 Å². The van der Waals surface area contributed by atoms with Gasteiger partial charge in [-0.2, -0.15) is 0 Å². The fraction of sp³-hybridized carbons (Fsp3) is 0.269. The molecule has 0 aliphatic rings. The Morgan fingerprint density at radius 3 is 2.38 bits per heavy atom. The van der Waals surface area contributed by atoms with Gasteiger partial charge >= 0.3 is 5.97 Å². The van der Waals surface area contributed by atoms with Crippen molar-refractivity contribution in [2.75, 3.05) is 13.7 Å². The smallest absolute Gasteiger partial charge is 0.355 e. The van der Waals surface area contributed by atoms with Crippen LogP contribution in [0, 0.1) is 6.92 Å². The minimum absolute atomic E-state index is 0.238. The molecule has 0 bridgehead atoms. The standard InChI is InChI=1S/C26H27N3O5/c1-5-21-27-28-25(34-21)23-24(33-16-18-10-8-7-9-11-18)17(3)22(26(30)32-6-2)29(23)19-12-14-20(31-4)15-13-19/h7-15H,5-6,16H2,1-4H3. The zero-order chi connectivity index (χ0) is 24.1. The van der Waals surface area contributed by atoms with Crippen molar-refractivity contribution in [3.05, 3.63) is 77.3 Å². The Morgan fingerprint density at radius 1 is 1.03 bits per heavy atom. The third kappa shape index (κ3) is 4.52. The molecule has 0 fully saturated rings. The molecule has 2 aromatic carbocycles.